The molecule has 2 atom stereocenters. The fourth-order valence-corrected chi connectivity index (χ4v) is 5.16. The molecular weight excluding hydrogens is 310 g/mol. The lowest BCUT2D eigenvalue weighted by Crippen LogP contribution is -2.40. The van der Waals surface area contributed by atoms with Gasteiger partial charge in [0, 0.05) is 25.9 Å². The number of nitrogens with zero attached hydrogens (tertiary/aromatic N) is 1. The van der Waals surface area contributed by atoms with Crippen molar-refractivity contribution < 1.29 is 9.47 Å². The molecule has 0 N–H and O–H groups in total. The third-order valence-corrected chi connectivity index (χ3v) is 7.63. The topological polar surface area (TPSA) is 21.7 Å². The predicted molar refractivity (Wildman–Crippen MR) is 104 cm³/mol. The summed E-state index contributed by atoms with van der Waals surface area (Å²) in [6.07, 6.45) is 11.6. The van der Waals surface area contributed by atoms with Crippen LogP contribution in [0, 0.1) is 17.3 Å². The number of likely N-dealkylation sites (tertiary alicyclic amines) is 1. The summed E-state index contributed by atoms with van der Waals surface area (Å²) in [5, 5.41) is 0. The van der Waals surface area contributed by atoms with Crippen LogP contribution in [-0.4, -0.2) is 43.0 Å². The van der Waals surface area contributed by atoms with Crippen LogP contribution in [0.25, 0.3) is 0 Å². The lowest BCUT2D eigenvalue weighted by molar-refractivity contribution is -0.197. The monoisotopic (exact) mass is 351 g/mol. The van der Waals surface area contributed by atoms with E-state index in [1.807, 2.05) is 0 Å². The molecule has 1 saturated carbocycles. The molecule has 0 aromatic carbocycles. The minimum atomic E-state index is -0.237. The van der Waals surface area contributed by atoms with Crippen molar-refractivity contribution in [3.8, 4) is 0 Å². The Kier molecular flexibility index (Phi) is 6.50. The van der Waals surface area contributed by atoms with E-state index in [0.717, 1.165) is 37.7 Å². The Morgan fingerprint density at radius 1 is 1.12 bits per heavy atom. The van der Waals surface area contributed by atoms with Crippen molar-refractivity contribution in [1.29, 1.82) is 0 Å². The molecule has 2 saturated heterocycles. The quantitative estimate of drug-likeness (QED) is 0.653. The van der Waals surface area contributed by atoms with Crippen molar-refractivity contribution >= 4 is 0 Å². The van der Waals surface area contributed by atoms with Crippen LogP contribution in [0.2, 0.25) is 0 Å². The van der Waals surface area contributed by atoms with Gasteiger partial charge in [0.25, 0.3) is 0 Å². The maximum atomic E-state index is 6.48. The lowest BCUT2D eigenvalue weighted by atomic mass is 9.68. The van der Waals surface area contributed by atoms with Crippen molar-refractivity contribution in [3.63, 3.8) is 0 Å². The number of piperidine rings is 1. The molecule has 146 valence electrons. The second-order valence-corrected chi connectivity index (χ2v) is 9.58. The molecule has 2 unspecified atom stereocenters. The van der Waals surface area contributed by atoms with Gasteiger partial charge in [0.1, 0.15) is 0 Å². The lowest BCUT2D eigenvalue weighted by Gasteiger charge is -2.42. The van der Waals surface area contributed by atoms with Crippen LogP contribution in [0.3, 0.4) is 0 Å². The summed E-state index contributed by atoms with van der Waals surface area (Å²) in [5.41, 5.74) is 0.462. The Hall–Kier alpha value is -0.120. The summed E-state index contributed by atoms with van der Waals surface area (Å²) < 4.78 is 12.7. The summed E-state index contributed by atoms with van der Waals surface area (Å²) in [6.45, 7) is 14.1. The second kappa shape index (κ2) is 8.27. The molecule has 0 amide bonds. The molecule has 3 fully saturated rings. The number of hydrogen-bond donors (Lipinski definition) is 0. The molecule has 3 aliphatic rings. The van der Waals surface area contributed by atoms with E-state index in [9.17, 15) is 0 Å². The molecule has 25 heavy (non-hydrogen) atoms. The molecule has 2 heterocycles. The zero-order valence-electron chi connectivity index (χ0n) is 17.2. The van der Waals surface area contributed by atoms with Gasteiger partial charge in [-0.15, -0.1) is 0 Å². The van der Waals surface area contributed by atoms with Crippen LogP contribution >= 0.6 is 0 Å². The van der Waals surface area contributed by atoms with Crippen molar-refractivity contribution in [2.75, 3.05) is 26.2 Å². The molecule has 0 bridgehead atoms. The molecule has 3 nitrogen and oxygen atoms in total. The first-order valence-electron chi connectivity index (χ1n) is 11.0. The normalized spacial score (nSPS) is 37.7. The van der Waals surface area contributed by atoms with Gasteiger partial charge in [-0.3, -0.25) is 0 Å². The van der Waals surface area contributed by atoms with E-state index in [1.54, 1.807) is 0 Å². The highest BCUT2D eigenvalue weighted by Crippen LogP contribution is 2.47. The molecule has 3 heteroatoms. The van der Waals surface area contributed by atoms with E-state index in [4.69, 9.17) is 9.47 Å². The van der Waals surface area contributed by atoms with Crippen LogP contribution in [0.15, 0.2) is 0 Å². The average Bonchev–Trinajstić information content (AvgIpc) is 3.03. The summed E-state index contributed by atoms with van der Waals surface area (Å²) in [6, 6.07) is 0. The first-order valence-corrected chi connectivity index (χ1v) is 11.0. The number of rotatable bonds is 6. The van der Waals surface area contributed by atoms with Crippen molar-refractivity contribution in [2.24, 2.45) is 17.3 Å². The van der Waals surface area contributed by atoms with Crippen molar-refractivity contribution in [1.82, 2.24) is 4.90 Å². The third-order valence-electron chi connectivity index (χ3n) is 7.63. The van der Waals surface area contributed by atoms with Gasteiger partial charge in [-0.2, -0.15) is 0 Å². The van der Waals surface area contributed by atoms with Gasteiger partial charge >= 0.3 is 0 Å². The molecule has 3 rings (SSSR count). The summed E-state index contributed by atoms with van der Waals surface area (Å²) in [7, 11) is 0. The Morgan fingerprint density at radius 2 is 1.88 bits per heavy atom. The largest absolute Gasteiger partial charge is 0.347 e. The molecule has 1 spiro atoms. The molecular formula is C22H41NO2. The SMILES string of the molecule is CCC1CCCN(CCC2COC3(CCC(C(C)(C)CC)CC3)O2)C1. The van der Waals surface area contributed by atoms with E-state index in [0.29, 0.717) is 11.5 Å². The van der Waals surface area contributed by atoms with Crippen LogP contribution in [0.1, 0.15) is 85.5 Å². The Labute approximate surface area is 155 Å². The van der Waals surface area contributed by atoms with Gasteiger partial charge in [-0.25, -0.2) is 0 Å². The minimum Gasteiger partial charge on any atom is -0.347 e. The Balaban J connectivity index is 1.42. The highest BCUT2D eigenvalue weighted by Gasteiger charge is 2.46. The van der Waals surface area contributed by atoms with E-state index in [-0.39, 0.29) is 5.79 Å². The molecule has 0 aromatic rings. The van der Waals surface area contributed by atoms with Crippen LogP contribution in [-0.2, 0) is 9.47 Å². The van der Waals surface area contributed by atoms with E-state index in [1.165, 1.54) is 58.2 Å². The number of hydrogen-bond acceptors (Lipinski definition) is 3. The van der Waals surface area contributed by atoms with Gasteiger partial charge in [0.05, 0.1) is 12.7 Å². The zero-order valence-corrected chi connectivity index (χ0v) is 17.2. The fraction of sp³-hybridized carbons (Fsp3) is 1.00. The van der Waals surface area contributed by atoms with Gasteiger partial charge in [-0.1, -0.05) is 40.5 Å². The third kappa shape index (κ3) is 4.78. The van der Waals surface area contributed by atoms with Crippen molar-refractivity contribution in [3.05, 3.63) is 0 Å². The van der Waals surface area contributed by atoms with Gasteiger partial charge in [0.2, 0.25) is 0 Å². The van der Waals surface area contributed by atoms with Crippen LogP contribution in [0.5, 0.6) is 0 Å². The van der Waals surface area contributed by atoms with Gasteiger partial charge in [0.15, 0.2) is 5.79 Å². The van der Waals surface area contributed by atoms with E-state index < -0.39 is 0 Å². The smallest absolute Gasteiger partial charge is 0.168 e. The van der Waals surface area contributed by atoms with Gasteiger partial charge < -0.3 is 14.4 Å². The molecule has 1 aliphatic carbocycles. The maximum Gasteiger partial charge on any atom is 0.168 e. The molecule has 2 aliphatic heterocycles. The van der Waals surface area contributed by atoms with Gasteiger partial charge in [-0.05, 0) is 55.9 Å². The fourth-order valence-electron chi connectivity index (χ4n) is 5.16. The highest BCUT2D eigenvalue weighted by molar-refractivity contribution is 4.90. The second-order valence-electron chi connectivity index (χ2n) is 9.58. The maximum absolute atomic E-state index is 6.48. The Bertz CT molecular complexity index is 414. The minimum absolute atomic E-state index is 0.237. The van der Waals surface area contributed by atoms with Crippen LogP contribution in [0.4, 0.5) is 0 Å². The number of ether oxygens (including phenoxy) is 2. The summed E-state index contributed by atoms with van der Waals surface area (Å²) >= 11 is 0. The van der Waals surface area contributed by atoms with E-state index >= 15 is 0 Å². The van der Waals surface area contributed by atoms with E-state index in [2.05, 4.69) is 32.6 Å². The molecule has 0 aromatic heterocycles. The summed E-state index contributed by atoms with van der Waals surface area (Å²) in [5.74, 6) is 1.51. The Morgan fingerprint density at radius 3 is 2.56 bits per heavy atom. The standard InChI is InChI=1S/C22H41NO2/c1-5-18-8-7-14-23(16-18)15-11-20-17-24-22(25-20)12-9-19(10-13-22)21(3,4)6-2/h18-20H,5-17H2,1-4H3. The van der Waals surface area contributed by atoms with Crippen LogP contribution < -0.4 is 0 Å². The first-order chi connectivity index (χ1) is 12.0. The zero-order chi connectivity index (χ0) is 17.9. The molecule has 0 radical (unpaired) electrons. The highest BCUT2D eigenvalue weighted by atomic mass is 16.7. The van der Waals surface area contributed by atoms with Crippen molar-refractivity contribution in [2.45, 2.75) is 97.4 Å². The summed E-state index contributed by atoms with van der Waals surface area (Å²) in [4.78, 5) is 2.66. The average molecular weight is 352 g/mol. The predicted octanol–water partition coefficient (Wildman–Crippen LogP) is 5.24. The first kappa shape index (κ1) is 19.6.